The summed E-state index contributed by atoms with van der Waals surface area (Å²) in [5.41, 5.74) is 1.54. The maximum absolute atomic E-state index is 13.4. The summed E-state index contributed by atoms with van der Waals surface area (Å²) in [6.45, 7) is 0. The summed E-state index contributed by atoms with van der Waals surface area (Å²) in [6.07, 6.45) is 0. The first-order valence-electron chi connectivity index (χ1n) is 5.30. The Balaban J connectivity index is 1.98. The van der Waals surface area contributed by atoms with Gasteiger partial charge in [-0.2, -0.15) is 4.98 Å². The van der Waals surface area contributed by atoms with Gasteiger partial charge in [-0.3, -0.25) is 0 Å². The molecule has 0 unspecified atom stereocenters. The molecular formula is C13H8ClFN2O. The summed E-state index contributed by atoms with van der Waals surface area (Å²) in [5, 5.41) is 3.36. The molecule has 0 saturated heterocycles. The van der Waals surface area contributed by atoms with E-state index in [0.717, 1.165) is 0 Å². The largest absolute Gasteiger partial charge is 0.423 e. The number of rotatable bonds is 2. The zero-order valence-electron chi connectivity index (χ0n) is 9.15. The highest BCUT2D eigenvalue weighted by Gasteiger charge is 2.08. The quantitative estimate of drug-likeness (QED) is 0.745. The smallest absolute Gasteiger partial charge is 0.300 e. The van der Waals surface area contributed by atoms with Crippen molar-refractivity contribution in [3.63, 3.8) is 0 Å². The van der Waals surface area contributed by atoms with Crippen molar-refractivity contribution in [1.29, 1.82) is 0 Å². The fraction of sp³-hybridized carbons (Fsp3) is 0. The molecule has 2 aromatic carbocycles. The molecule has 1 N–H and O–H groups in total. The molecule has 1 aromatic heterocycles. The van der Waals surface area contributed by atoms with E-state index in [4.69, 9.17) is 16.0 Å². The van der Waals surface area contributed by atoms with E-state index in [0.29, 0.717) is 21.8 Å². The molecule has 18 heavy (non-hydrogen) atoms. The molecular weight excluding hydrogens is 255 g/mol. The van der Waals surface area contributed by atoms with Crippen LogP contribution in [0.15, 0.2) is 46.9 Å². The van der Waals surface area contributed by atoms with Gasteiger partial charge in [0.05, 0.1) is 5.69 Å². The standard InChI is InChI=1S/C13H8ClFN2O/c14-8-5-6-12-11(7-8)17-13(18-12)16-10-4-2-1-3-9(10)15/h1-7H,(H,16,17). The van der Waals surface area contributed by atoms with E-state index in [1.165, 1.54) is 6.07 Å². The number of para-hydroxylation sites is 1. The van der Waals surface area contributed by atoms with Crippen molar-refractivity contribution >= 4 is 34.4 Å². The molecule has 0 aliphatic heterocycles. The highest BCUT2D eigenvalue weighted by atomic mass is 35.5. The fourth-order valence-corrected chi connectivity index (χ4v) is 1.80. The number of anilines is 2. The van der Waals surface area contributed by atoms with Gasteiger partial charge in [0.25, 0.3) is 6.01 Å². The fourth-order valence-electron chi connectivity index (χ4n) is 1.63. The second-order valence-corrected chi connectivity index (χ2v) is 4.17. The highest BCUT2D eigenvalue weighted by molar-refractivity contribution is 6.31. The lowest BCUT2D eigenvalue weighted by molar-refractivity contribution is 0.611. The van der Waals surface area contributed by atoms with Gasteiger partial charge >= 0.3 is 0 Å². The Labute approximate surface area is 107 Å². The van der Waals surface area contributed by atoms with Crippen molar-refractivity contribution < 1.29 is 8.81 Å². The molecule has 0 atom stereocenters. The lowest BCUT2D eigenvalue weighted by Gasteiger charge is -2.01. The van der Waals surface area contributed by atoms with Crippen molar-refractivity contribution in [1.82, 2.24) is 4.98 Å². The van der Waals surface area contributed by atoms with E-state index >= 15 is 0 Å². The second-order valence-electron chi connectivity index (χ2n) is 3.74. The molecule has 0 saturated carbocycles. The Hall–Kier alpha value is -2.07. The first-order valence-corrected chi connectivity index (χ1v) is 5.68. The maximum atomic E-state index is 13.4. The number of hydrogen-bond acceptors (Lipinski definition) is 3. The molecule has 5 heteroatoms. The molecule has 3 rings (SSSR count). The van der Waals surface area contributed by atoms with Crippen LogP contribution in [0.3, 0.4) is 0 Å². The number of fused-ring (bicyclic) bond motifs is 1. The first-order chi connectivity index (χ1) is 8.72. The molecule has 0 amide bonds. The van der Waals surface area contributed by atoms with Gasteiger partial charge in [0.1, 0.15) is 11.3 Å². The van der Waals surface area contributed by atoms with Gasteiger partial charge in [-0.15, -0.1) is 0 Å². The van der Waals surface area contributed by atoms with Crippen LogP contribution in [0.5, 0.6) is 0 Å². The van der Waals surface area contributed by atoms with E-state index in [1.54, 1.807) is 36.4 Å². The van der Waals surface area contributed by atoms with E-state index in [2.05, 4.69) is 10.3 Å². The van der Waals surface area contributed by atoms with Crippen LogP contribution < -0.4 is 5.32 Å². The number of nitrogens with zero attached hydrogens (tertiary/aromatic N) is 1. The normalized spacial score (nSPS) is 10.8. The van der Waals surface area contributed by atoms with Crippen LogP contribution >= 0.6 is 11.6 Å². The number of aromatic nitrogens is 1. The van der Waals surface area contributed by atoms with E-state index in [1.807, 2.05) is 0 Å². The minimum Gasteiger partial charge on any atom is -0.423 e. The summed E-state index contributed by atoms with van der Waals surface area (Å²) in [4.78, 5) is 4.18. The van der Waals surface area contributed by atoms with Crippen LogP contribution in [0.4, 0.5) is 16.1 Å². The molecule has 3 aromatic rings. The van der Waals surface area contributed by atoms with Gasteiger partial charge in [-0.25, -0.2) is 4.39 Å². The van der Waals surface area contributed by atoms with Crippen molar-refractivity contribution in [2.75, 3.05) is 5.32 Å². The lowest BCUT2D eigenvalue weighted by atomic mass is 10.3. The Morgan fingerprint density at radius 1 is 1.17 bits per heavy atom. The number of halogens is 2. The summed E-state index contributed by atoms with van der Waals surface area (Å²) in [5.74, 6) is -0.363. The highest BCUT2D eigenvalue weighted by Crippen LogP contribution is 2.25. The Bertz CT molecular complexity index is 711. The van der Waals surface area contributed by atoms with Crippen LogP contribution in [-0.4, -0.2) is 4.98 Å². The first kappa shape index (κ1) is 11.0. The summed E-state index contributed by atoms with van der Waals surface area (Å²) >= 11 is 5.85. The predicted octanol–water partition coefficient (Wildman–Crippen LogP) is 4.36. The molecule has 90 valence electrons. The second kappa shape index (κ2) is 4.31. The Morgan fingerprint density at radius 2 is 2.00 bits per heavy atom. The molecule has 0 aliphatic rings. The van der Waals surface area contributed by atoms with Crippen LogP contribution in [0.25, 0.3) is 11.1 Å². The molecule has 0 bridgehead atoms. The maximum Gasteiger partial charge on any atom is 0.300 e. The van der Waals surface area contributed by atoms with Crippen LogP contribution in [0, 0.1) is 5.82 Å². The van der Waals surface area contributed by atoms with Crippen molar-refractivity contribution in [3.8, 4) is 0 Å². The number of benzene rings is 2. The van der Waals surface area contributed by atoms with Crippen LogP contribution in [0.2, 0.25) is 5.02 Å². The summed E-state index contributed by atoms with van der Waals surface area (Å²) < 4.78 is 18.9. The van der Waals surface area contributed by atoms with Gasteiger partial charge in [-0.05, 0) is 30.3 Å². The third-order valence-electron chi connectivity index (χ3n) is 2.47. The SMILES string of the molecule is Fc1ccccc1Nc1nc2cc(Cl)ccc2o1. The minimum absolute atomic E-state index is 0.234. The molecule has 0 fully saturated rings. The Morgan fingerprint density at radius 3 is 2.83 bits per heavy atom. The Kier molecular flexibility index (Phi) is 2.64. The van der Waals surface area contributed by atoms with E-state index in [9.17, 15) is 4.39 Å². The van der Waals surface area contributed by atoms with Crippen molar-refractivity contribution in [2.24, 2.45) is 0 Å². The zero-order chi connectivity index (χ0) is 12.5. The van der Waals surface area contributed by atoms with Gasteiger partial charge in [0, 0.05) is 5.02 Å². The number of nitrogens with one attached hydrogen (secondary N) is 1. The third kappa shape index (κ3) is 2.02. The molecule has 0 radical (unpaired) electrons. The van der Waals surface area contributed by atoms with E-state index < -0.39 is 0 Å². The van der Waals surface area contributed by atoms with E-state index in [-0.39, 0.29) is 11.8 Å². The lowest BCUT2D eigenvalue weighted by Crippen LogP contribution is -1.92. The topological polar surface area (TPSA) is 38.1 Å². The summed E-state index contributed by atoms with van der Waals surface area (Å²) in [7, 11) is 0. The molecule has 0 aliphatic carbocycles. The predicted molar refractivity (Wildman–Crippen MR) is 68.7 cm³/mol. The van der Waals surface area contributed by atoms with Gasteiger partial charge < -0.3 is 9.73 Å². The van der Waals surface area contributed by atoms with Gasteiger partial charge in [-0.1, -0.05) is 23.7 Å². The van der Waals surface area contributed by atoms with Gasteiger partial charge in [0.15, 0.2) is 5.58 Å². The monoisotopic (exact) mass is 262 g/mol. The minimum atomic E-state index is -0.363. The van der Waals surface area contributed by atoms with Crippen molar-refractivity contribution in [3.05, 3.63) is 53.3 Å². The molecule has 3 nitrogen and oxygen atoms in total. The van der Waals surface area contributed by atoms with Crippen LogP contribution in [-0.2, 0) is 0 Å². The number of oxazole rings is 1. The molecule has 0 spiro atoms. The van der Waals surface area contributed by atoms with Crippen LogP contribution in [0.1, 0.15) is 0 Å². The van der Waals surface area contributed by atoms with Gasteiger partial charge in [0.2, 0.25) is 0 Å². The average molecular weight is 263 g/mol. The number of hydrogen-bond donors (Lipinski definition) is 1. The van der Waals surface area contributed by atoms with Crippen molar-refractivity contribution in [2.45, 2.75) is 0 Å². The summed E-state index contributed by atoms with van der Waals surface area (Å²) in [6, 6.07) is 11.7. The third-order valence-corrected chi connectivity index (χ3v) is 2.70. The molecule has 1 heterocycles. The zero-order valence-corrected chi connectivity index (χ0v) is 9.91. The average Bonchev–Trinajstić information content (AvgIpc) is 2.73.